The molecule has 0 nitrogen and oxygen atoms in total. The van der Waals surface area contributed by atoms with Crippen LogP contribution in [0.2, 0.25) is 0 Å². The van der Waals surface area contributed by atoms with Gasteiger partial charge in [0, 0.05) is 5.39 Å². The second-order valence-electron chi connectivity index (χ2n) is 9.05. The molecule has 2 saturated carbocycles. The second-order valence-corrected chi connectivity index (χ2v) is 9.05. The Hall–Kier alpha value is -1.44. The molecule has 0 saturated heterocycles. The average molecular weight is 371 g/mol. The summed E-state index contributed by atoms with van der Waals surface area (Å²) in [5.74, 6) is 2.59. The largest absolute Gasteiger partial charge is 0.207 e. The highest BCUT2D eigenvalue weighted by Gasteiger charge is 2.31. The molecule has 2 aromatic rings. The quantitative estimate of drug-likeness (QED) is 0.511. The first-order valence-electron chi connectivity index (χ1n) is 11.0. The summed E-state index contributed by atoms with van der Waals surface area (Å²) in [5, 5.41) is 1.22. The Bertz CT molecular complexity index is 765. The van der Waals surface area contributed by atoms with Gasteiger partial charge < -0.3 is 0 Å². The van der Waals surface area contributed by atoms with E-state index in [4.69, 9.17) is 0 Å². The van der Waals surface area contributed by atoms with Gasteiger partial charge in [-0.3, -0.25) is 0 Å². The Labute approximate surface area is 162 Å². The fourth-order valence-corrected chi connectivity index (χ4v) is 5.82. The van der Waals surface area contributed by atoms with Gasteiger partial charge in [0.2, 0.25) is 0 Å². The lowest BCUT2D eigenvalue weighted by Crippen LogP contribution is -2.25. The van der Waals surface area contributed by atoms with Gasteiger partial charge in [-0.25, -0.2) is 8.78 Å². The smallest absolute Gasteiger partial charge is 0.131 e. The Balaban J connectivity index is 1.38. The molecule has 0 amide bonds. The molecule has 2 fully saturated rings. The molecule has 146 valence electrons. The van der Waals surface area contributed by atoms with Crippen molar-refractivity contribution in [2.24, 2.45) is 17.8 Å². The highest BCUT2D eigenvalue weighted by atomic mass is 19.1. The Morgan fingerprint density at radius 1 is 0.815 bits per heavy atom. The number of hydrogen-bond acceptors (Lipinski definition) is 0. The summed E-state index contributed by atoms with van der Waals surface area (Å²) >= 11 is 0. The first kappa shape index (κ1) is 18.9. The monoisotopic (exact) mass is 370 g/mol. The van der Waals surface area contributed by atoms with E-state index in [0.29, 0.717) is 11.3 Å². The van der Waals surface area contributed by atoms with Crippen molar-refractivity contribution in [2.45, 2.75) is 77.0 Å². The maximum atomic E-state index is 14.5. The first-order chi connectivity index (χ1) is 13.1. The van der Waals surface area contributed by atoms with Crippen LogP contribution < -0.4 is 0 Å². The Morgan fingerprint density at radius 3 is 2.15 bits per heavy atom. The third kappa shape index (κ3) is 4.20. The van der Waals surface area contributed by atoms with Crippen molar-refractivity contribution in [3.8, 4) is 0 Å². The summed E-state index contributed by atoms with van der Waals surface area (Å²) in [5.41, 5.74) is 1.11. The van der Waals surface area contributed by atoms with E-state index in [1.807, 2.05) is 0 Å². The van der Waals surface area contributed by atoms with Gasteiger partial charge >= 0.3 is 0 Å². The van der Waals surface area contributed by atoms with Gasteiger partial charge in [-0.05, 0) is 91.3 Å². The molecular formula is C25H32F2. The third-order valence-electron chi connectivity index (χ3n) is 7.39. The fourth-order valence-electron chi connectivity index (χ4n) is 5.82. The zero-order chi connectivity index (χ0) is 18.8. The maximum absolute atomic E-state index is 14.5. The van der Waals surface area contributed by atoms with Gasteiger partial charge in [0.25, 0.3) is 0 Å². The average Bonchev–Trinajstić information content (AvgIpc) is 2.69. The molecule has 0 aliphatic heterocycles. The van der Waals surface area contributed by atoms with Gasteiger partial charge in [0.15, 0.2) is 0 Å². The molecule has 0 atom stereocenters. The second kappa shape index (κ2) is 8.29. The van der Waals surface area contributed by atoms with Crippen LogP contribution in [-0.2, 0) is 0 Å². The van der Waals surface area contributed by atoms with Crippen molar-refractivity contribution >= 4 is 10.8 Å². The lowest BCUT2D eigenvalue weighted by atomic mass is 9.68. The summed E-state index contributed by atoms with van der Waals surface area (Å²) in [4.78, 5) is 0. The van der Waals surface area contributed by atoms with Gasteiger partial charge in [-0.1, -0.05) is 44.7 Å². The minimum absolute atomic E-state index is 0.279. The lowest BCUT2D eigenvalue weighted by molar-refractivity contribution is 0.156. The maximum Gasteiger partial charge on any atom is 0.131 e. The molecule has 0 unspecified atom stereocenters. The summed E-state index contributed by atoms with van der Waals surface area (Å²) in [6.45, 7) is 2.31. The summed E-state index contributed by atoms with van der Waals surface area (Å²) < 4.78 is 27.9. The molecule has 4 rings (SSSR count). The van der Waals surface area contributed by atoms with Crippen molar-refractivity contribution in [3.05, 3.63) is 47.5 Å². The highest BCUT2D eigenvalue weighted by molar-refractivity contribution is 5.84. The van der Waals surface area contributed by atoms with Crippen LogP contribution >= 0.6 is 0 Å². The van der Waals surface area contributed by atoms with Crippen LogP contribution in [0, 0.1) is 29.4 Å². The predicted octanol–water partition coefficient (Wildman–Crippen LogP) is 8.00. The van der Waals surface area contributed by atoms with Crippen LogP contribution in [0.3, 0.4) is 0 Å². The molecule has 2 heteroatoms. The van der Waals surface area contributed by atoms with Crippen molar-refractivity contribution in [2.75, 3.05) is 0 Å². The third-order valence-corrected chi connectivity index (χ3v) is 7.39. The van der Waals surface area contributed by atoms with Crippen molar-refractivity contribution in [3.63, 3.8) is 0 Å². The van der Waals surface area contributed by atoms with E-state index in [2.05, 4.69) is 13.0 Å². The molecule has 0 radical (unpaired) electrons. The SMILES string of the molecule is CCCC1CCC(C2CCC(c3cc(F)c4cc(F)ccc4c3)CC2)CC1. The highest BCUT2D eigenvalue weighted by Crippen LogP contribution is 2.44. The predicted molar refractivity (Wildman–Crippen MR) is 109 cm³/mol. The van der Waals surface area contributed by atoms with Crippen LogP contribution in [0.4, 0.5) is 8.78 Å². The number of benzene rings is 2. The van der Waals surface area contributed by atoms with E-state index in [-0.39, 0.29) is 11.6 Å². The van der Waals surface area contributed by atoms with E-state index in [9.17, 15) is 8.78 Å². The zero-order valence-corrected chi connectivity index (χ0v) is 16.5. The molecule has 0 N–H and O–H groups in total. The minimum Gasteiger partial charge on any atom is -0.207 e. The Morgan fingerprint density at radius 2 is 1.48 bits per heavy atom. The number of fused-ring (bicyclic) bond motifs is 1. The summed E-state index contributed by atoms with van der Waals surface area (Å²) in [6, 6.07) is 8.18. The van der Waals surface area contributed by atoms with Crippen molar-refractivity contribution in [1.82, 2.24) is 0 Å². The normalized spacial score (nSPS) is 29.1. The summed E-state index contributed by atoms with van der Waals surface area (Å²) in [6.07, 6.45) is 13.4. The molecular weight excluding hydrogens is 338 g/mol. The van der Waals surface area contributed by atoms with E-state index in [1.165, 1.54) is 76.3 Å². The lowest BCUT2D eigenvalue weighted by Gasteiger charge is -2.38. The number of rotatable bonds is 4. The van der Waals surface area contributed by atoms with E-state index in [1.54, 1.807) is 12.1 Å². The van der Waals surface area contributed by atoms with Crippen molar-refractivity contribution < 1.29 is 8.78 Å². The summed E-state index contributed by atoms with van der Waals surface area (Å²) in [7, 11) is 0. The van der Waals surface area contributed by atoms with Crippen molar-refractivity contribution in [1.29, 1.82) is 0 Å². The zero-order valence-electron chi connectivity index (χ0n) is 16.5. The Kier molecular flexibility index (Phi) is 5.80. The number of hydrogen-bond donors (Lipinski definition) is 0. The van der Waals surface area contributed by atoms with Gasteiger partial charge in [0.05, 0.1) is 0 Å². The van der Waals surface area contributed by atoms with Crippen LogP contribution in [0.5, 0.6) is 0 Å². The van der Waals surface area contributed by atoms with E-state index < -0.39 is 0 Å². The van der Waals surface area contributed by atoms with Gasteiger partial charge in [-0.15, -0.1) is 0 Å². The standard InChI is InChI=1S/C25H32F2/c1-2-3-17-4-6-18(7-5-17)19-8-10-20(11-9-19)22-14-21-12-13-23(26)16-24(21)25(27)15-22/h12-20H,2-11H2,1H3. The molecule has 0 heterocycles. The van der Waals surface area contributed by atoms with Crippen LogP contribution in [0.15, 0.2) is 30.3 Å². The van der Waals surface area contributed by atoms with E-state index in [0.717, 1.165) is 28.7 Å². The molecule has 0 bridgehead atoms. The molecule has 0 spiro atoms. The molecule has 2 aliphatic carbocycles. The fraction of sp³-hybridized carbons (Fsp3) is 0.600. The molecule has 27 heavy (non-hydrogen) atoms. The van der Waals surface area contributed by atoms with E-state index >= 15 is 0 Å². The van der Waals surface area contributed by atoms with Crippen LogP contribution in [0.1, 0.15) is 82.6 Å². The van der Waals surface area contributed by atoms with Crippen LogP contribution in [-0.4, -0.2) is 0 Å². The van der Waals surface area contributed by atoms with Crippen LogP contribution in [0.25, 0.3) is 10.8 Å². The molecule has 2 aliphatic rings. The molecule has 2 aromatic carbocycles. The van der Waals surface area contributed by atoms with Gasteiger partial charge in [0.1, 0.15) is 11.6 Å². The van der Waals surface area contributed by atoms with Gasteiger partial charge in [-0.2, -0.15) is 0 Å². The first-order valence-corrected chi connectivity index (χ1v) is 11.0. The minimum atomic E-state index is -0.372. The topological polar surface area (TPSA) is 0 Å². The number of halogens is 2. The molecule has 0 aromatic heterocycles.